The molecule has 0 aliphatic heterocycles. The van der Waals surface area contributed by atoms with Gasteiger partial charge in [0.2, 0.25) is 23.5 Å². The Hall–Kier alpha value is -6.73. The molecule has 0 spiro atoms. The third kappa shape index (κ3) is 15.6. The number of rotatable bonds is 12. The summed E-state index contributed by atoms with van der Waals surface area (Å²) in [5, 5.41) is 0. The quantitative estimate of drug-likeness (QED) is 0.0858. The zero-order chi connectivity index (χ0) is 39.3. The van der Waals surface area contributed by atoms with E-state index in [4.69, 9.17) is 33.2 Å². The van der Waals surface area contributed by atoms with E-state index >= 15 is 0 Å². The van der Waals surface area contributed by atoms with Crippen molar-refractivity contribution < 1.29 is 74.1 Å². The fourth-order valence-corrected chi connectivity index (χ4v) is 4.65. The van der Waals surface area contributed by atoms with Gasteiger partial charge in [0.1, 0.15) is 23.0 Å². The first-order chi connectivity index (χ1) is 28.1. The summed E-state index contributed by atoms with van der Waals surface area (Å²) in [6, 6.07) is 53.5. The minimum atomic E-state index is 0. The molecule has 0 amide bonds. The third-order valence-corrected chi connectivity index (χ3v) is 6.97. The van der Waals surface area contributed by atoms with Gasteiger partial charge in [0.05, 0.1) is 0 Å². The summed E-state index contributed by atoms with van der Waals surface area (Å²) < 4.78 is 34.6. The van der Waals surface area contributed by atoms with Crippen LogP contribution in [-0.2, 0) is 45.6 Å². The van der Waals surface area contributed by atoms with Gasteiger partial charge in [0.15, 0.2) is 0 Å². The molecule has 0 N–H and O–H groups in total. The van der Waals surface area contributed by atoms with Crippen LogP contribution in [0.25, 0.3) is 0 Å². The van der Waals surface area contributed by atoms with Crippen LogP contribution in [0.5, 0.6) is 69.5 Å². The number of nitrogens with zero attached hydrogens (tertiary/aromatic N) is 4. The van der Waals surface area contributed by atoms with Crippen LogP contribution in [0, 0.1) is 12.1 Å². The minimum absolute atomic E-state index is 0. The molecule has 0 atom stereocenters. The number of hydrogen-bond donors (Lipinski definition) is 0. The summed E-state index contributed by atoms with van der Waals surface area (Å²) in [5.74, 6) is 6.63. The second-order valence-electron chi connectivity index (χ2n) is 11.2. The molecule has 0 saturated carbocycles. The Bertz CT molecular complexity index is 2090. The second kappa shape index (κ2) is 24.8. The van der Waals surface area contributed by atoms with E-state index in [9.17, 15) is 0 Å². The molecule has 13 heteroatoms. The van der Waals surface area contributed by atoms with E-state index in [1.165, 1.54) is 13.2 Å². The van der Waals surface area contributed by atoms with Crippen molar-refractivity contribution in [3.8, 4) is 69.5 Å². The van der Waals surface area contributed by atoms with Gasteiger partial charge in [-0.1, -0.05) is 48.5 Å². The van der Waals surface area contributed by atoms with Crippen molar-refractivity contribution in [1.82, 2.24) is 19.9 Å². The molecule has 11 nitrogen and oxygen atoms in total. The molecule has 59 heavy (non-hydrogen) atoms. The molecule has 0 aliphatic carbocycles. The Labute approximate surface area is 369 Å². The minimum Gasteiger partial charge on any atom is -0.542 e. The number of carbonyl (C=O) groups excluding carboxylic acids is 1. The number of aromatic nitrogens is 4. The van der Waals surface area contributed by atoms with E-state index in [2.05, 4.69) is 32.1 Å². The van der Waals surface area contributed by atoms with Crippen LogP contribution in [0.3, 0.4) is 0 Å². The molecule has 0 saturated heterocycles. The van der Waals surface area contributed by atoms with Crippen molar-refractivity contribution in [3.05, 3.63) is 195 Å². The Morgan fingerprint density at radius 3 is 1.00 bits per heavy atom. The molecule has 8 aromatic rings. The van der Waals surface area contributed by atoms with Crippen molar-refractivity contribution in [2.24, 2.45) is 0 Å². The third-order valence-electron chi connectivity index (χ3n) is 6.97. The molecule has 0 radical (unpaired) electrons. The van der Waals surface area contributed by atoms with E-state index in [-0.39, 0.29) is 40.8 Å². The summed E-state index contributed by atoms with van der Waals surface area (Å²) in [7, 11) is 0. The number of pyridine rings is 4. The SMILES string of the molecule is C[C-]=O.[Pd+2].[Pd].[c-]1c(Oc2[c-]c(Oc3ccccn3)ccc2)cccc1Oc1ccccn1.c1ccc(Oc2cccc(Oc3cccc(Oc4ccccn4)c3)c2)nc1. The van der Waals surface area contributed by atoms with Gasteiger partial charge >= 0.3 is 20.4 Å². The zero-order valence-electron chi connectivity index (χ0n) is 31.1. The monoisotopic (exact) mass is 965 g/mol. The standard InChI is InChI=1S/C22H16N2O3.C22H14N2O3.C2H3O.2Pd/c2*1-3-13-23-21(11-1)26-19-9-5-7-17(15-19)25-18-8-6-10-20(16-18)27-22-12-2-4-14-24-22;1-2-3;;/h1-16H;1-14H;1H3;;/q;-2;-1;;+2. The molecule has 4 aromatic heterocycles. The Morgan fingerprint density at radius 1 is 0.390 bits per heavy atom. The molecule has 4 aromatic carbocycles. The first-order valence-electron chi connectivity index (χ1n) is 17.4. The zero-order valence-corrected chi connectivity index (χ0v) is 34.2. The molecule has 300 valence electrons. The summed E-state index contributed by atoms with van der Waals surface area (Å²) in [6.07, 6.45) is 8.20. The topological polar surface area (TPSA) is 124 Å². The number of hydrogen-bond acceptors (Lipinski definition) is 11. The van der Waals surface area contributed by atoms with Crippen LogP contribution in [0.4, 0.5) is 0 Å². The Balaban J connectivity index is 0.000000237. The second-order valence-corrected chi connectivity index (χ2v) is 11.2. The largest absolute Gasteiger partial charge is 2.00 e. The van der Waals surface area contributed by atoms with Gasteiger partial charge in [0, 0.05) is 105 Å². The maximum absolute atomic E-state index is 8.68. The molecule has 0 bridgehead atoms. The Morgan fingerprint density at radius 2 is 0.678 bits per heavy atom. The van der Waals surface area contributed by atoms with Crippen molar-refractivity contribution in [1.29, 1.82) is 0 Å². The smallest absolute Gasteiger partial charge is 0.542 e. The summed E-state index contributed by atoms with van der Waals surface area (Å²) >= 11 is 0. The maximum Gasteiger partial charge on any atom is 2.00 e. The molecule has 0 fully saturated rings. The maximum atomic E-state index is 8.68. The van der Waals surface area contributed by atoms with Crippen molar-refractivity contribution in [2.75, 3.05) is 0 Å². The van der Waals surface area contributed by atoms with E-state index in [1.807, 2.05) is 97.1 Å². The van der Waals surface area contributed by atoms with Gasteiger partial charge in [-0.25, -0.2) is 19.9 Å². The van der Waals surface area contributed by atoms with E-state index in [0.29, 0.717) is 69.5 Å². The fraction of sp³-hybridized carbons (Fsp3) is 0.0217. The number of ether oxygens (including phenoxy) is 6. The molecule has 0 unspecified atom stereocenters. The normalized spacial score (nSPS) is 9.58. The van der Waals surface area contributed by atoms with Crippen LogP contribution in [0.1, 0.15) is 6.92 Å². The molecule has 8 rings (SSSR count). The summed E-state index contributed by atoms with van der Waals surface area (Å²) in [5.41, 5.74) is 0. The molecule has 0 aliphatic rings. The van der Waals surface area contributed by atoms with Crippen molar-refractivity contribution in [2.45, 2.75) is 6.92 Å². The summed E-state index contributed by atoms with van der Waals surface area (Å²) in [6.45, 7) is 1.32. The van der Waals surface area contributed by atoms with Crippen LogP contribution in [0.15, 0.2) is 183 Å². The average molecular weight is 967 g/mol. The fourth-order valence-electron chi connectivity index (χ4n) is 4.65. The molecule has 4 heterocycles. The van der Waals surface area contributed by atoms with Crippen LogP contribution in [0.2, 0.25) is 0 Å². The predicted octanol–water partition coefficient (Wildman–Crippen LogP) is 11.4. The van der Waals surface area contributed by atoms with Crippen LogP contribution < -0.4 is 28.4 Å². The van der Waals surface area contributed by atoms with Crippen molar-refractivity contribution in [3.63, 3.8) is 0 Å². The van der Waals surface area contributed by atoms with Gasteiger partial charge in [-0.05, 0) is 48.5 Å². The predicted molar refractivity (Wildman–Crippen MR) is 212 cm³/mol. The molecular formula is C46H33N4O7Pd2-. The van der Waals surface area contributed by atoms with Gasteiger partial charge in [-0.3, -0.25) is 6.29 Å². The van der Waals surface area contributed by atoms with E-state index in [0.717, 1.165) is 0 Å². The van der Waals surface area contributed by atoms with Crippen molar-refractivity contribution >= 4 is 6.29 Å². The first kappa shape index (κ1) is 45.0. The number of benzene rings is 4. The van der Waals surface area contributed by atoms with Gasteiger partial charge in [0.25, 0.3) is 0 Å². The van der Waals surface area contributed by atoms with Gasteiger partial charge in [-0.15, -0.1) is 24.3 Å². The first-order valence-corrected chi connectivity index (χ1v) is 17.4. The average Bonchev–Trinajstić information content (AvgIpc) is 3.24. The summed E-state index contributed by atoms with van der Waals surface area (Å²) in [4.78, 5) is 25.2. The van der Waals surface area contributed by atoms with Crippen LogP contribution in [-0.4, -0.2) is 26.2 Å². The van der Waals surface area contributed by atoms with Gasteiger partial charge < -0.3 is 33.2 Å². The van der Waals surface area contributed by atoms with E-state index in [1.54, 1.807) is 85.5 Å². The molecular weight excluding hydrogens is 933 g/mol. The Kier molecular flexibility index (Phi) is 18.9. The van der Waals surface area contributed by atoms with Gasteiger partial charge in [-0.2, -0.15) is 19.1 Å². The van der Waals surface area contributed by atoms with Crippen LogP contribution >= 0.6 is 0 Å². The van der Waals surface area contributed by atoms with E-state index < -0.39 is 0 Å².